The summed E-state index contributed by atoms with van der Waals surface area (Å²) in [6.45, 7) is 4.53. The third-order valence-corrected chi connectivity index (χ3v) is 3.06. The molecule has 0 saturated carbocycles. The number of carbonyl (C=O) groups is 2. The predicted molar refractivity (Wildman–Crippen MR) is 86.0 cm³/mol. The number of nitrogens with zero attached hydrogens (tertiary/aromatic N) is 1. The Morgan fingerprint density at radius 1 is 1.00 bits per heavy atom. The van der Waals surface area contributed by atoms with Crippen LogP contribution in [-0.4, -0.2) is 23.3 Å². The van der Waals surface area contributed by atoms with Gasteiger partial charge in [0.25, 0.3) is 11.8 Å². The van der Waals surface area contributed by atoms with Gasteiger partial charge >= 0.3 is 0 Å². The van der Waals surface area contributed by atoms with Crippen LogP contribution in [0.1, 0.15) is 39.9 Å². The highest BCUT2D eigenvalue weighted by molar-refractivity contribution is 6.03. The van der Waals surface area contributed by atoms with Crippen molar-refractivity contribution in [1.29, 1.82) is 0 Å². The third kappa shape index (κ3) is 4.15. The first-order valence-corrected chi connectivity index (χ1v) is 7.23. The summed E-state index contributed by atoms with van der Waals surface area (Å²) in [4.78, 5) is 28.2. The molecular formula is C17H19N3O2. The van der Waals surface area contributed by atoms with E-state index in [2.05, 4.69) is 15.6 Å². The summed E-state index contributed by atoms with van der Waals surface area (Å²) in [5, 5.41) is 5.50. The van der Waals surface area contributed by atoms with Gasteiger partial charge in [-0.25, -0.2) is 4.98 Å². The molecule has 0 atom stereocenters. The first-order chi connectivity index (χ1) is 10.6. The van der Waals surface area contributed by atoms with Gasteiger partial charge in [0.15, 0.2) is 0 Å². The summed E-state index contributed by atoms with van der Waals surface area (Å²) in [6, 6.07) is 12.3. The Morgan fingerprint density at radius 3 is 2.27 bits per heavy atom. The summed E-state index contributed by atoms with van der Waals surface area (Å²) >= 11 is 0. The first kappa shape index (κ1) is 15.7. The van der Waals surface area contributed by atoms with Crippen LogP contribution in [0.5, 0.6) is 0 Å². The van der Waals surface area contributed by atoms with Gasteiger partial charge in [0.2, 0.25) is 0 Å². The lowest BCUT2D eigenvalue weighted by Gasteiger charge is -2.07. The minimum Gasteiger partial charge on any atom is -0.351 e. The van der Waals surface area contributed by atoms with Crippen molar-refractivity contribution in [3.63, 3.8) is 0 Å². The van der Waals surface area contributed by atoms with Crippen molar-refractivity contribution >= 4 is 17.5 Å². The van der Waals surface area contributed by atoms with Gasteiger partial charge in [0.1, 0.15) is 11.4 Å². The van der Waals surface area contributed by atoms with Crippen molar-refractivity contribution in [1.82, 2.24) is 10.3 Å². The Bertz CT molecular complexity index is 666. The highest BCUT2D eigenvalue weighted by Crippen LogP contribution is 2.10. The Morgan fingerprint density at radius 2 is 1.64 bits per heavy atom. The SMILES string of the molecule is CCCNC(=O)c1cccc(C(=O)Nc2ccc(C)cc2)n1. The van der Waals surface area contributed by atoms with E-state index in [1.54, 1.807) is 18.2 Å². The second kappa shape index (κ2) is 7.36. The summed E-state index contributed by atoms with van der Waals surface area (Å²) in [6.07, 6.45) is 0.847. The fraction of sp³-hybridized carbons (Fsp3) is 0.235. The molecule has 2 amide bonds. The smallest absolute Gasteiger partial charge is 0.274 e. The average Bonchev–Trinajstić information content (AvgIpc) is 2.54. The predicted octanol–water partition coefficient (Wildman–Crippen LogP) is 2.78. The standard InChI is InChI=1S/C17H19N3O2/c1-3-11-18-16(21)14-5-4-6-15(20-14)17(22)19-13-9-7-12(2)8-10-13/h4-10H,3,11H2,1-2H3,(H,18,21)(H,19,22). The number of benzene rings is 1. The van der Waals surface area contributed by atoms with E-state index < -0.39 is 0 Å². The number of anilines is 1. The molecule has 1 aromatic carbocycles. The Balaban J connectivity index is 2.09. The van der Waals surface area contributed by atoms with Gasteiger partial charge in [-0.05, 0) is 37.6 Å². The van der Waals surface area contributed by atoms with E-state index >= 15 is 0 Å². The maximum Gasteiger partial charge on any atom is 0.274 e. The fourth-order valence-electron chi connectivity index (χ4n) is 1.85. The van der Waals surface area contributed by atoms with Crippen molar-refractivity contribution in [2.24, 2.45) is 0 Å². The molecule has 2 N–H and O–H groups in total. The number of aromatic nitrogens is 1. The molecule has 0 aliphatic carbocycles. The van der Waals surface area contributed by atoms with Gasteiger partial charge < -0.3 is 10.6 Å². The summed E-state index contributed by atoms with van der Waals surface area (Å²) < 4.78 is 0. The lowest BCUT2D eigenvalue weighted by Crippen LogP contribution is -2.26. The Labute approximate surface area is 129 Å². The molecule has 1 heterocycles. The van der Waals surface area contributed by atoms with Gasteiger partial charge in [-0.3, -0.25) is 9.59 Å². The number of hydrogen-bond donors (Lipinski definition) is 2. The molecule has 5 nitrogen and oxygen atoms in total. The molecule has 0 radical (unpaired) electrons. The molecule has 22 heavy (non-hydrogen) atoms. The minimum atomic E-state index is -0.339. The van der Waals surface area contributed by atoms with E-state index in [1.165, 1.54) is 0 Å². The van der Waals surface area contributed by atoms with Gasteiger partial charge in [0.05, 0.1) is 0 Å². The van der Waals surface area contributed by atoms with Gasteiger partial charge in [-0.15, -0.1) is 0 Å². The van der Waals surface area contributed by atoms with Crippen molar-refractivity contribution < 1.29 is 9.59 Å². The maximum absolute atomic E-state index is 12.2. The average molecular weight is 297 g/mol. The normalized spacial score (nSPS) is 10.1. The molecule has 2 rings (SSSR count). The van der Waals surface area contributed by atoms with E-state index in [1.807, 2.05) is 38.1 Å². The van der Waals surface area contributed by atoms with E-state index in [0.717, 1.165) is 12.0 Å². The highest BCUT2D eigenvalue weighted by atomic mass is 16.2. The van der Waals surface area contributed by atoms with Crippen molar-refractivity contribution in [3.05, 3.63) is 59.4 Å². The molecule has 0 aliphatic heterocycles. The number of carbonyl (C=O) groups excluding carboxylic acids is 2. The Kier molecular flexibility index (Phi) is 5.25. The van der Waals surface area contributed by atoms with Crippen LogP contribution in [-0.2, 0) is 0 Å². The molecule has 0 fully saturated rings. The zero-order valence-electron chi connectivity index (χ0n) is 12.7. The van der Waals surface area contributed by atoms with Gasteiger partial charge in [-0.2, -0.15) is 0 Å². The summed E-state index contributed by atoms with van der Waals surface area (Å²) in [5.41, 5.74) is 2.26. The van der Waals surface area contributed by atoms with Crippen LogP contribution in [0, 0.1) is 6.92 Å². The van der Waals surface area contributed by atoms with E-state index in [0.29, 0.717) is 12.2 Å². The van der Waals surface area contributed by atoms with Crippen LogP contribution in [0.15, 0.2) is 42.5 Å². The minimum absolute atomic E-state index is 0.213. The van der Waals surface area contributed by atoms with Crippen molar-refractivity contribution in [2.75, 3.05) is 11.9 Å². The van der Waals surface area contributed by atoms with Crippen molar-refractivity contribution in [2.45, 2.75) is 20.3 Å². The highest BCUT2D eigenvalue weighted by Gasteiger charge is 2.12. The lowest BCUT2D eigenvalue weighted by molar-refractivity contribution is 0.0948. The number of nitrogens with one attached hydrogen (secondary N) is 2. The molecule has 5 heteroatoms. The topological polar surface area (TPSA) is 71.1 Å². The van der Waals surface area contributed by atoms with Crippen LogP contribution in [0.2, 0.25) is 0 Å². The van der Waals surface area contributed by atoms with Gasteiger partial charge in [-0.1, -0.05) is 30.7 Å². The third-order valence-electron chi connectivity index (χ3n) is 3.06. The van der Waals surface area contributed by atoms with E-state index in [-0.39, 0.29) is 23.2 Å². The molecule has 0 unspecified atom stereocenters. The van der Waals surface area contributed by atoms with Crippen LogP contribution < -0.4 is 10.6 Å². The molecule has 0 bridgehead atoms. The van der Waals surface area contributed by atoms with Crippen LogP contribution in [0.3, 0.4) is 0 Å². The zero-order valence-corrected chi connectivity index (χ0v) is 12.7. The maximum atomic E-state index is 12.2. The number of aryl methyl sites for hydroxylation is 1. The molecule has 2 aromatic rings. The fourth-order valence-corrected chi connectivity index (χ4v) is 1.85. The summed E-state index contributed by atoms with van der Waals surface area (Å²) in [5.74, 6) is -0.610. The second-order valence-electron chi connectivity index (χ2n) is 4.98. The van der Waals surface area contributed by atoms with Crippen LogP contribution >= 0.6 is 0 Å². The van der Waals surface area contributed by atoms with Crippen molar-refractivity contribution in [3.8, 4) is 0 Å². The zero-order chi connectivity index (χ0) is 15.9. The quantitative estimate of drug-likeness (QED) is 0.891. The largest absolute Gasteiger partial charge is 0.351 e. The second-order valence-corrected chi connectivity index (χ2v) is 4.98. The number of amides is 2. The molecule has 114 valence electrons. The lowest BCUT2D eigenvalue weighted by atomic mass is 10.2. The summed E-state index contributed by atoms with van der Waals surface area (Å²) in [7, 11) is 0. The number of hydrogen-bond acceptors (Lipinski definition) is 3. The van der Waals surface area contributed by atoms with E-state index in [4.69, 9.17) is 0 Å². The molecule has 0 spiro atoms. The number of rotatable bonds is 5. The molecular weight excluding hydrogens is 278 g/mol. The first-order valence-electron chi connectivity index (χ1n) is 7.23. The van der Waals surface area contributed by atoms with E-state index in [9.17, 15) is 9.59 Å². The molecule has 0 saturated heterocycles. The molecule has 0 aliphatic rings. The van der Waals surface area contributed by atoms with Crippen LogP contribution in [0.4, 0.5) is 5.69 Å². The van der Waals surface area contributed by atoms with Crippen LogP contribution in [0.25, 0.3) is 0 Å². The number of pyridine rings is 1. The van der Waals surface area contributed by atoms with Gasteiger partial charge in [0, 0.05) is 12.2 Å². The molecule has 1 aromatic heterocycles. The Hall–Kier alpha value is -2.69. The monoisotopic (exact) mass is 297 g/mol.